The molecule has 1 atom stereocenters. The minimum Gasteiger partial charge on any atom is -0.631 e. The number of aryl methyl sites for hydroxylation is 1. The second kappa shape index (κ2) is 7.93. The molecular formula is C24H31F4N5O. The molecule has 1 N–H and O–H groups in total. The number of benzene rings is 1. The molecule has 3 fully saturated rings. The Balaban J connectivity index is 1.45. The molecule has 1 saturated heterocycles. The molecule has 1 spiro atoms. The van der Waals surface area contributed by atoms with Crippen molar-refractivity contribution in [2.45, 2.75) is 55.8 Å². The van der Waals surface area contributed by atoms with Gasteiger partial charge in [-0.2, -0.15) is 18.3 Å². The first-order valence-corrected chi connectivity index (χ1v) is 11.9. The van der Waals surface area contributed by atoms with Gasteiger partial charge in [0.2, 0.25) is 0 Å². The molecule has 5 rings (SSSR count). The number of rotatable bonds is 5. The van der Waals surface area contributed by atoms with Crippen molar-refractivity contribution in [1.82, 2.24) is 15.1 Å². The fraction of sp³-hybridized carbons (Fsp3) is 0.625. The first-order chi connectivity index (χ1) is 16.0. The van der Waals surface area contributed by atoms with E-state index in [1.807, 2.05) is 13.1 Å². The number of aromatic nitrogens is 2. The van der Waals surface area contributed by atoms with Gasteiger partial charge in [0, 0.05) is 37.4 Å². The van der Waals surface area contributed by atoms with Crippen molar-refractivity contribution < 1.29 is 22.2 Å². The molecule has 2 heterocycles. The first-order valence-electron chi connectivity index (χ1n) is 11.9. The van der Waals surface area contributed by atoms with Crippen LogP contribution in [-0.2, 0) is 18.8 Å². The zero-order valence-electron chi connectivity index (χ0n) is 19.5. The monoisotopic (exact) mass is 481 g/mol. The lowest BCUT2D eigenvalue weighted by Crippen LogP contribution is -2.62. The number of nitrogens with one attached hydrogen (secondary N) is 1. The number of hydroxylamine groups is 3. The highest BCUT2D eigenvalue weighted by Gasteiger charge is 2.58. The summed E-state index contributed by atoms with van der Waals surface area (Å²) in [6.07, 6.45) is 0.0763. The number of alkyl halides is 3. The third kappa shape index (κ3) is 3.89. The first kappa shape index (κ1) is 23.6. The average Bonchev–Trinajstić information content (AvgIpc) is 3.42. The fourth-order valence-electron chi connectivity index (χ4n) is 6.15. The normalized spacial score (nSPS) is 32.0. The van der Waals surface area contributed by atoms with Gasteiger partial charge in [0.25, 0.3) is 0 Å². The lowest BCUT2D eigenvalue weighted by Gasteiger charge is -2.56. The third-order valence-corrected chi connectivity index (χ3v) is 8.36. The summed E-state index contributed by atoms with van der Waals surface area (Å²) in [6.45, 7) is 1.01. The van der Waals surface area contributed by atoms with Crippen LogP contribution in [0, 0.1) is 16.9 Å². The summed E-state index contributed by atoms with van der Waals surface area (Å²) >= 11 is 0. The lowest BCUT2D eigenvalue weighted by atomic mass is 9.68. The summed E-state index contributed by atoms with van der Waals surface area (Å²) in [5, 5.41) is 21.5. The predicted octanol–water partition coefficient (Wildman–Crippen LogP) is 4.51. The molecule has 0 amide bonds. The highest BCUT2D eigenvalue weighted by molar-refractivity contribution is 5.43. The Labute approximate surface area is 196 Å². The molecule has 2 saturated carbocycles. The number of halogens is 4. The van der Waals surface area contributed by atoms with E-state index in [0.29, 0.717) is 50.5 Å². The van der Waals surface area contributed by atoms with Crippen molar-refractivity contribution in [1.29, 1.82) is 0 Å². The van der Waals surface area contributed by atoms with Crippen LogP contribution in [0.15, 0.2) is 30.3 Å². The summed E-state index contributed by atoms with van der Waals surface area (Å²) in [5.74, 6) is 0.415. The van der Waals surface area contributed by atoms with Crippen molar-refractivity contribution in [2.24, 2.45) is 13.0 Å². The van der Waals surface area contributed by atoms with E-state index in [9.17, 15) is 22.8 Å². The van der Waals surface area contributed by atoms with Gasteiger partial charge < -0.3 is 20.1 Å². The van der Waals surface area contributed by atoms with E-state index in [-0.39, 0.29) is 12.5 Å². The molecule has 1 unspecified atom stereocenters. The minimum absolute atomic E-state index is 0.125. The van der Waals surface area contributed by atoms with Gasteiger partial charge in [0.05, 0.1) is 13.1 Å². The van der Waals surface area contributed by atoms with Gasteiger partial charge in [0.1, 0.15) is 17.2 Å². The molecule has 1 aromatic carbocycles. The van der Waals surface area contributed by atoms with Crippen LogP contribution >= 0.6 is 0 Å². The number of anilines is 1. The molecule has 1 aliphatic heterocycles. The van der Waals surface area contributed by atoms with E-state index in [1.54, 1.807) is 17.0 Å². The molecule has 2 aliphatic carbocycles. The van der Waals surface area contributed by atoms with Crippen LogP contribution in [0.3, 0.4) is 0 Å². The Bertz CT molecular complexity index is 1060. The quantitative estimate of drug-likeness (QED) is 0.388. The summed E-state index contributed by atoms with van der Waals surface area (Å²) < 4.78 is 54.6. The molecule has 34 heavy (non-hydrogen) atoms. The highest BCUT2D eigenvalue weighted by Crippen LogP contribution is 2.51. The van der Waals surface area contributed by atoms with Crippen molar-refractivity contribution in [3.63, 3.8) is 0 Å². The van der Waals surface area contributed by atoms with Crippen molar-refractivity contribution >= 4 is 5.82 Å². The minimum atomic E-state index is -4.53. The van der Waals surface area contributed by atoms with E-state index in [1.165, 1.54) is 17.8 Å². The molecule has 10 heteroatoms. The Kier molecular flexibility index (Phi) is 5.49. The Hall–Kier alpha value is -2.17. The van der Waals surface area contributed by atoms with Crippen molar-refractivity contribution in [3.8, 4) is 0 Å². The van der Waals surface area contributed by atoms with Crippen LogP contribution in [0.5, 0.6) is 0 Å². The van der Waals surface area contributed by atoms with Gasteiger partial charge >= 0.3 is 6.18 Å². The molecule has 6 nitrogen and oxygen atoms in total. The second-order valence-electron chi connectivity index (χ2n) is 10.4. The number of hydrogen-bond acceptors (Lipinski definition) is 4. The summed E-state index contributed by atoms with van der Waals surface area (Å²) in [5.41, 5.74) is -1.12. The lowest BCUT2D eigenvalue weighted by molar-refractivity contribution is -0.921. The molecule has 3 aliphatic rings. The van der Waals surface area contributed by atoms with Crippen molar-refractivity contribution in [2.75, 3.05) is 31.7 Å². The van der Waals surface area contributed by atoms with Crippen LogP contribution < -0.4 is 10.2 Å². The highest BCUT2D eigenvalue weighted by atomic mass is 19.4. The maximum atomic E-state index is 14.4. The summed E-state index contributed by atoms with van der Waals surface area (Å²) in [7, 11) is 3.36. The molecule has 2 aromatic rings. The molecular weight excluding hydrogens is 450 g/mol. The van der Waals surface area contributed by atoms with E-state index < -0.39 is 27.6 Å². The number of hydrogen-bond donors (Lipinski definition) is 1. The van der Waals surface area contributed by atoms with Gasteiger partial charge in [-0.25, -0.2) is 4.39 Å². The van der Waals surface area contributed by atoms with Gasteiger partial charge in [-0.3, -0.25) is 4.68 Å². The van der Waals surface area contributed by atoms with Crippen LogP contribution in [0.4, 0.5) is 23.4 Å². The largest absolute Gasteiger partial charge is 0.631 e. The van der Waals surface area contributed by atoms with Crippen LogP contribution in [0.2, 0.25) is 0 Å². The zero-order valence-corrected chi connectivity index (χ0v) is 19.5. The number of nitrogens with zero attached hydrogens (tertiary/aromatic N) is 4. The Morgan fingerprint density at radius 1 is 1.18 bits per heavy atom. The Morgan fingerprint density at radius 2 is 1.88 bits per heavy atom. The molecule has 0 radical (unpaired) electrons. The zero-order chi connectivity index (χ0) is 24.4. The van der Waals surface area contributed by atoms with E-state index in [4.69, 9.17) is 0 Å². The maximum absolute atomic E-state index is 14.4. The standard InChI is InChI=1S/C24H31F4N5O/c1-29-23(18-4-3-5-19(25)12-18)10-8-22(9-11-23)15-32(16-33(22,34)14-17-6-7-17)21-13-20(24(26,27)28)30-31(21)2/h3-5,12-13,17,29H,6-11,14-16H2,1-2H3. The van der Waals surface area contributed by atoms with Gasteiger partial charge in [-0.1, -0.05) is 12.1 Å². The van der Waals surface area contributed by atoms with E-state index in [0.717, 1.165) is 24.5 Å². The van der Waals surface area contributed by atoms with E-state index in [2.05, 4.69) is 10.4 Å². The van der Waals surface area contributed by atoms with Gasteiger partial charge in [-0.05, 0) is 50.4 Å². The smallest absolute Gasteiger partial charge is 0.435 e. The predicted molar refractivity (Wildman–Crippen MR) is 120 cm³/mol. The summed E-state index contributed by atoms with van der Waals surface area (Å²) in [4.78, 5) is 1.80. The topological polar surface area (TPSA) is 56.2 Å². The van der Waals surface area contributed by atoms with Crippen LogP contribution in [0.25, 0.3) is 0 Å². The molecule has 1 aromatic heterocycles. The molecule has 0 bridgehead atoms. The number of quaternary nitrogens is 1. The SMILES string of the molecule is CNC1(c2cccc(F)c2)CCC2(CC1)CN(c1cc(C(F)(F)F)nn1C)C[N+]2([O-])CC1CC1. The summed E-state index contributed by atoms with van der Waals surface area (Å²) in [6, 6.07) is 7.63. The third-order valence-electron chi connectivity index (χ3n) is 8.36. The fourth-order valence-corrected chi connectivity index (χ4v) is 6.15. The van der Waals surface area contributed by atoms with Crippen LogP contribution in [0.1, 0.15) is 49.8 Å². The van der Waals surface area contributed by atoms with Gasteiger partial charge in [0.15, 0.2) is 12.4 Å². The van der Waals surface area contributed by atoms with E-state index >= 15 is 0 Å². The molecule has 186 valence electrons. The van der Waals surface area contributed by atoms with Gasteiger partial charge in [-0.15, -0.1) is 0 Å². The van der Waals surface area contributed by atoms with Crippen LogP contribution in [-0.4, -0.2) is 46.8 Å². The Morgan fingerprint density at radius 3 is 2.44 bits per heavy atom. The maximum Gasteiger partial charge on any atom is 0.435 e. The average molecular weight is 482 g/mol. The van der Waals surface area contributed by atoms with Crippen molar-refractivity contribution in [3.05, 3.63) is 52.6 Å². The second-order valence-corrected chi connectivity index (χ2v) is 10.4.